The fourth-order valence-corrected chi connectivity index (χ4v) is 3.40. The molecular formula is C20H20Cl2N2O2. The van der Waals surface area contributed by atoms with E-state index in [2.05, 4.69) is 28.7 Å². The molecule has 0 bridgehead atoms. The Labute approximate surface area is 163 Å². The number of amides is 1. The van der Waals surface area contributed by atoms with Crippen molar-refractivity contribution in [3.05, 3.63) is 63.1 Å². The van der Waals surface area contributed by atoms with Gasteiger partial charge in [0, 0.05) is 5.02 Å². The van der Waals surface area contributed by atoms with Crippen LogP contribution in [0.25, 0.3) is 0 Å². The number of nitrogens with zero attached hydrogens (tertiary/aromatic N) is 1. The molecule has 2 aromatic rings. The number of halogens is 2. The maximum Gasteiger partial charge on any atom is 0.277 e. The number of ether oxygens (including phenoxy) is 1. The van der Waals surface area contributed by atoms with Crippen molar-refractivity contribution in [2.45, 2.75) is 32.6 Å². The summed E-state index contributed by atoms with van der Waals surface area (Å²) in [5.41, 5.74) is 7.10. The van der Waals surface area contributed by atoms with Crippen molar-refractivity contribution in [3.63, 3.8) is 0 Å². The van der Waals surface area contributed by atoms with Crippen molar-refractivity contribution in [3.8, 4) is 5.75 Å². The van der Waals surface area contributed by atoms with Crippen LogP contribution in [-0.2, 0) is 17.6 Å². The smallest absolute Gasteiger partial charge is 0.277 e. The zero-order valence-corrected chi connectivity index (χ0v) is 16.0. The molecule has 0 aromatic heterocycles. The minimum absolute atomic E-state index is 0.178. The zero-order chi connectivity index (χ0) is 18.5. The molecule has 1 aliphatic carbocycles. The summed E-state index contributed by atoms with van der Waals surface area (Å²) in [6.45, 7) is 1.70. The van der Waals surface area contributed by atoms with Gasteiger partial charge >= 0.3 is 0 Å². The van der Waals surface area contributed by atoms with Crippen LogP contribution in [0.5, 0.6) is 5.75 Å². The Kier molecular flexibility index (Phi) is 6.17. The first-order valence-corrected chi connectivity index (χ1v) is 9.31. The molecule has 3 rings (SSSR count). The highest BCUT2D eigenvalue weighted by Gasteiger charge is 2.11. The third-order valence-electron chi connectivity index (χ3n) is 4.37. The van der Waals surface area contributed by atoms with Crippen molar-refractivity contribution in [2.75, 3.05) is 6.61 Å². The summed E-state index contributed by atoms with van der Waals surface area (Å²) in [4.78, 5) is 12.0. The maximum atomic E-state index is 12.0. The Balaban J connectivity index is 1.57. The third kappa shape index (κ3) is 4.77. The lowest BCUT2D eigenvalue weighted by atomic mass is 9.90. The zero-order valence-electron chi connectivity index (χ0n) is 14.5. The Morgan fingerprint density at radius 2 is 1.88 bits per heavy atom. The Morgan fingerprint density at radius 3 is 2.65 bits per heavy atom. The maximum absolute atomic E-state index is 12.0. The number of nitrogens with one attached hydrogen (secondary N) is 1. The standard InChI is InChI=1S/C20H20Cl2N2O2/c1-13(15-7-6-14-4-2-3-5-16(14)10-15)23-24-20(25)12-26-19-9-8-17(21)11-18(19)22/h6-11H,2-5,12H2,1H3,(H,24,25)/b23-13+. The van der Waals surface area contributed by atoms with Crippen LogP contribution in [0.15, 0.2) is 41.5 Å². The summed E-state index contributed by atoms with van der Waals surface area (Å²) in [7, 11) is 0. The summed E-state index contributed by atoms with van der Waals surface area (Å²) in [5, 5.41) is 5.05. The second-order valence-electron chi connectivity index (χ2n) is 6.29. The van der Waals surface area contributed by atoms with Gasteiger partial charge in [0.2, 0.25) is 0 Å². The molecule has 1 N–H and O–H groups in total. The summed E-state index contributed by atoms with van der Waals surface area (Å²) < 4.78 is 5.39. The van der Waals surface area contributed by atoms with E-state index in [1.54, 1.807) is 18.2 Å². The van der Waals surface area contributed by atoms with Gasteiger partial charge in [0.15, 0.2) is 6.61 Å². The minimum atomic E-state index is -0.353. The van der Waals surface area contributed by atoms with E-state index in [0.717, 1.165) is 24.1 Å². The van der Waals surface area contributed by atoms with Gasteiger partial charge in [-0.05, 0) is 73.6 Å². The number of aryl methyl sites for hydroxylation is 2. The average Bonchev–Trinajstić information content (AvgIpc) is 2.65. The normalized spacial score (nSPS) is 13.9. The van der Waals surface area contributed by atoms with E-state index in [0.29, 0.717) is 15.8 Å². The van der Waals surface area contributed by atoms with E-state index in [-0.39, 0.29) is 12.5 Å². The van der Waals surface area contributed by atoms with Crippen LogP contribution in [0.1, 0.15) is 36.5 Å². The molecule has 0 atom stereocenters. The lowest BCUT2D eigenvalue weighted by molar-refractivity contribution is -0.123. The number of rotatable bonds is 5. The van der Waals surface area contributed by atoms with Gasteiger partial charge in [0.25, 0.3) is 5.91 Å². The van der Waals surface area contributed by atoms with E-state index in [9.17, 15) is 4.79 Å². The number of fused-ring (bicyclic) bond motifs is 1. The van der Waals surface area contributed by atoms with Crippen LogP contribution in [0, 0.1) is 0 Å². The predicted octanol–water partition coefficient (Wildman–Crippen LogP) is 4.79. The largest absolute Gasteiger partial charge is 0.482 e. The van der Waals surface area contributed by atoms with Gasteiger partial charge in [-0.25, -0.2) is 5.43 Å². The van der Waals surface area contributed by atoms with Crippen LogP contribution in [-0.4, -0.2) is 18.2 Å². The van der Waals surface area contributed by atoms with Gasteiger partial charge in [-0.1, -0.05) is 35.3 Å². The summed E-state index contributed by atoms with van der Waals surface area (Å²) >= 11 is 11.8. The topological polar surface area (TPSA) is 50.7 Å². The van der Waals surface area contributed by atoms with Gasteiger partial charge in [-0.15, -0.1) is 0 Å². The number of hydrogen-bond donors (Lipinski definition) is 1. The molecule has 6 heteroatoms. The van der Waals surface area contributed by atoms with Crippen molar-refractivity contribution in [2.24, 2.45) is 5.10 Å². The van der Waals surface area contributed by atoms with Crippen molar-refractivity contribution < 1.29 is 9.53 Å². The molecule has 0 unspecified atom stereocenters. The predicted molar refractivity (Wildman–Crippen MR) is 105 cm³/mol. The highest BCUT2D eigenvalue weighted by atomic mass is 35.5. The summed E-state index contributed by atoms with van der Waals surface area (Å²) in [5.74, 6) is 0.0509. The van der Waals surface area contributed by atoms with Crippen LogP contribution < -0.4 is 10.2 Å². The van der Waals surface area contributed by atoms with E-state index in [1.807, 2.05) is 6.92 Å². The highest BCUT2D eigenvalue weighted by Crippen LogP contribution is 2.27. The van der Waals surface area contributed by atoms with Crippen molar-refractivity contribution in [1.82, 2.24) is 5.43 Å². The van der Waals surface area contributed by atoms with Crippen molar-refractivity contribution in [1.29, 1.82) is 0 Å². The fraction of sp³-hybridized carbons (Fsp3) is 0.300. The average molecular weight is 391 g/mol. The SMILES string of the molecule is C/C(=N\NC(=O)COc1ccc(Cl)cc1Cl)c1ccc2c(c1)CCCC2. The first-order valence-electron chi connectivity index (χ1n) is 8.56. The molecule has 26 heavy (non-hydrogen) atoms. The number of hydrazone groups is 1. The Hall–Kier alpha value is -2.04. The summed E-state index contributed by atoms with van der Waals surface area (Å²) in [6, 6.07) is 11.2. The molecule has 2 aromatic carbocycles. The second-order valence-corrected chi connectivity index (χ2v) is 7.13. The van der Waals surface area contributed by atoms with Gasteiger partial charge in [0.05, 0.1) is 10.7 Å². The number of benzene rings is 2. The van der Waals surface area contributed by atoms with Gasteiger partial charge < -0.3 is 4.74 Å². The van der Waals surface area contributed by atoms with Crippen LogP contribution >= 0.6 is 23.2 Å². The summed E-state index contributed by atoms with van der Waals surface area (Å²) in [6.07, 6.45) is 4.74. The molecule has 0 spiro atoms. The van der Waals surface area contributed by atoms with E-state index < -0.39 is 0 Å². The molecule has 1 aliphatic rings. The number of hydrogen-bond acceptors (Lipinski definition) is 3. The van der Waals surface area contributed by atoms with E-state index in [4.69, 9.17) is 27.9 Å². The fourth-order valence-electron chi connectivity index (χ4n) is 2.94. The lowest BCUT2D eigenvalue weighted by Crippen LogP contribution is -2.25. The van der Waals surface area contributed by atoms with E-state index in [1.165, 1.54) is 24.0 Å². The van der Waals surface area contributed by atoms with Crippen molar-refractivity contribution >= 4 is 34.8 Å². The molecule has 1 amide bonds. The first kappa shape index (κ1) is 18.7. The monoisotopic (exact) mass is 390 g/mol. The molecule has 0 fully saturated rings. The number of carbonyl (C=O) groups is 1. The first-order chi connectivity index (χ1) is 12.5. The Bertz CT molecular complexity index is 850. The molecule has 0 aliphatic heterocycles. The van der Waals surface area contributed by atoms with Crippen LogP contribution in [0.2, 0.25) is 10.0 Å². The molecular weight excluding hydrogens is 371 g/mol. The molecule has 0 saturated heterocycles. The van der Waals surface area contributed by atoms with Gasteiger partial charge in [-0.3, -0.25) is 4.79 Å². The van der Waals surface area contributed by atoms with Gasteiger partial charge in [-0.2, -0.15) is 5.10 Å². The molecule has 0 saturated carbocycles. The Morgan fingerprint density at radius 1 is 1.12 bits per heavy atom. The molecule has 0 radical (unpaired) electrons. The van der Waals surface area contributed by atoms with E-state index >= 15 is 0 Å². The molecule has 4 nitrogen and oxygen atoms in total. The van der Waals surface area contributed by atoms with Gasteiger partial charge in [0.1, 0.15) is 5.75 Å². The molecule has 136 valence electrons. The minimum Gasteiger partial charge on any atom is -0.482 e. The van der Waals surface area contributed by atoms with Crippen LogP contribution in [0.4, 0.5) is 0 Å². The number of carbonyl (C=O) groups excluding carboxylic acids is 1. The lowest BCUT2D eigenvalue weighted by Gasteiger charge is -2.16. The third-order valence-corrected chi connectivity index (χ3v) is 4.90. The second kappa shape index (κ2) is 8.56. The van der Waals surface area contributed by atoms with Crippen LogP contribution in [0.3, 0.4) is 0 Å². The molecule has 0 heterocycles. The highest BCUT2D eigenvalue weighted by molar-refractivity contribution is 6.35. The quantitative estimate of drug-likeness (QED) is 0.589.